The molecule has 1 aliphatic carbocycles. The molecule has 3 aliphatic rings. The first-order valence-corrected chi connectivity index (χ1v) is 12.7. The van der Waals surface area contributed by atoms with Crippen molar-refractivity contribution in [2.45, 2.75) is 51.2 Å². The molecule has 1 saturated heterocycles. The van der Waals surface area contributed by atoms with Gasteiger partial charge in [-0.25, -0.2) is 0 Å². The number of hydrogen-bond acceptors (Lipinski definition) is 4. The fourth-order valence-electron chi connectivity index (χ4n) is 5.71. The van der Waals surface area contributed by atoms with Crippen molar-refractivity contribution in [2.24, 2.45) is 0 Å². The molecule has 4 nitrogen and oxygen atoms in total. The Labute approximate surface area is 207 Å². The van der Waals surface area contributed by atoms with E-state index in [0.717, 1.165) is 48.9 Å². The van der Waals surface area contributed by atoms with E-state index in [2.05, 4.69) is 90.0 Å². The highest BCUT2D eigenvalue weighted by molar-refractivity contribution is 5.92. The van der Waals surface area contributed by atoms with Gasteiger partial charge in [-0.1, -0.05) is 60.2 Å². The van der Waals surface area contributed by atoms with Gasteiger partial charge < -0.3 is 14.5 Å². The molecule has 0 bridgehead atoms. The van der Waals surface area contributed by atoms with Gasteiger partial charge in [0.1, 0.15) is 11.5 Å². The van der Waals surface area contributed by atoms with Gasteiger partial charge in [0.05, 0.1) is 18.5 Å². The fourth-order valence-corrected chi connectivity index (χ4v) is 5.71. The van der Waals surface area contributed by atoms with Gasteiger partial charge in [0.2, 0.25) is 0 Å². The predicted octanol–water partition coefficient (Wildman–Crippen LogP) is 7.56. The number of likely N-dealkylation sites (tertiary alicyclic amines) is 1. The number of para-hydroxylation sites is 2. The van der Waals surface area contributed by atoms with Crippen LogP contribution in [0.25, 0.3) is 5.57 Å². The molecule has 1 N–H and O–H groups in total. The van der Waals surface area contributed by atoms with E-state index in [9.17, 15) is 0 Å². The fraction of sp³-hybridized carbons (Fsp3) is 0.290. The van der Waals surface area contributed by atoms with Crippen LogP contribution in [0.1, 0.15) is 49.5 Å². The Kier molecular flexibility index (Phi) is 6.05. The Morgan fingerprint density at radius 2 is 1.94 bits per heavy atom. The second-order valence-electron chi connectivity index (χ2n) is 9.79. The smallest absolute Gasteiger partial charge is 0.158 e. The molecule has 4 heteroatoms. The molecular formula is C31H32N2O2. The average molecular weight is 465 g/mol. The molecule has 3 aromatic rings. The van der Waals surface area contributed by atoms with Crippen molar-refractivity contribution in [1.82, 2.24) is 4.90 Å². The van der Waals surface area contributed by atoms with Crippen LogP contribution in [-0.4, -0.2) is 23.5 Å². The summed E-state index contributed by atoms with van der Waals surface area (Å²) in [5, 5.41) is 3.70. The molecule has 2 unspecified atom stereocenters. The van der Waals surface area contributed by atoms with E-state index >= 15 is 0 Å². The summed E-state index contributed by atoms with van der Waals surface area (Å²) in [4.78, 5) is 2.58. The number of nitrogens with one attached hydrogen (secondary N) is 1. The average Bonchev–Trinajstić information content (AvgIpc) is 3.56. The summed E-state index contributed by atoms with van der Waals surface area (Å²) in [5.41, 5.74) is 6.14. The maximum absolute atomic E-state index is 6.53. The van der Waals surface area contributed by atoms with E-state index < -0.39 is 0 Å². The van der Waals surface area contributed by atoms with E-state index in [1.165, 1.54) is 35.1 Å². The van der Waals surface area contributed by atoms with Crippen molar-refractivity contribution < 1.29 is 9.15 Å². The van der Waals surface area contributed by atoms with Gasteiger partial charge in [0.25, 0.3) is 0 Å². The monoisotopic (exact) mass is 464 g/mol. The van der Waals surface area contributed by atoms with Crippen LogP contribution in [0.4, 0.5) is 5.69 Å². The third kappa shape index (κ3) is 4.46. The molecule has 3 heterocycles. The van der Waals surface area contributed by atoms with Gasteiger partial charge in [-0.3, -0.25) is 4.90 Å². The zero-order valence-electron chi connectivity index (χ0n) is 20.2. The minimum Gasteiger partial charge on any atom is -0.468 e. The summed E-state index contributed by atoms with van der Waals surface area (Å²) in [6.07, 6.45) is 14.9. The van der Waals surface area contributed by atoms with Crippen LogP contribution >= 0.6 is 0 Å². The van der Waals surface area contributed by atoms with E-state index in [0.29, 0.717) is 6.04 Å². The number of furan rings is 1. The molecule has 6 rings (SSSR count). The first-order chi connectivity index (χ1) is 17.3. The van der Waals surface area contributed by atoms with E-state index in [1.807, 2.05) is 6.07 Å². The number of benzene rings is 2. The first-order valence-electron chi connectivity index (χ1n) is 12.7. The van der Waals surface area contributed by atoms with Crippen LogP contribution in [0, 0.1) is 0 Å². The van der Waals surface area contributed by atoms with Crippen molar-refractivity contribution in [3.63, 3.8) is 0 Å². The van der Waals surface area contributed by atoms with E-state index in [-0.39, 0.29) is 6.04 Å². The highest BCUT2D eigenvalue weighted by Crippen LogP contribution is 2.49. The summed E-state index contributed by atoms with van der Waals surface area (Å²) in [5.74, 6) is 2.91. The molecule has 1 fully saturated rings. The van der Waals surface area contributed by atoms with Crippen LogP contribution < -0.4 is 10.1 Å². The lowest BCUT2D eigenvalue weighted by atomic mass is 9.87. The highest BCUT2D eigenvalue weighted by Gasteiger charge is 2.30. The van der Waals surface area contributed by atoms with Crippen molar-refractivity contribution in [1.29, 1.82) is 0 Å². The van der Waals surface area contributed by atoms with Gasteiger partial charge in [-0.05, 0) is 69.0 Å². The molecule has 0 amide bonds. The summed E-state index contributed by atoms with van der Waals surface area (Å²) in [6.45, 7) is 4.31. The maximum Gasteiger partial charge on any atom is 0.158 e. The third-order valence-corrected chi connectivity index (χ3v) is 7.38. The van der Waals surface area contributed by atoms with Crippen LogP contribution in [-0.2, 0) is 6.54 Å². The molecule has 0 spiro atoms. The number of ether oxygens (including phenoxy) is 1. The number of nitrogens with zero attached hydrogens (tertiary/aromatic N) is 1. The third-order valence-electron chi connectivity index (χ3n) is 7.38. The molecule has 1 aromatic heterocycles. The number of hydrogen-bond donors (Lipinski definition) is 1. The topological polar surface area (TPSA) is 37.6 Å². The van der Waals surface area contributed by atoms with Crippen LogP contribution in [0.15, 0.2) is 95.2 Å². The summed E-state index contributed by atoms with van der Waals surface area (Å²) in [6, 6.07) is 19.8. The Hall–Kier alpha value is -3.50. The largest absolute Gasteiger partial charge is 0.468 e. The van der Waals surface area contributed by atoms with Gasteiger partial charge in [0.15, 0.2) is 5.75 Å². The predicted molar refractivity (Wildman–Crippen MR) is 142 cm³/mol. The Bertz CT molecular complexity index is 1290. The van der Waals surface area contributed by atoms with E-state index in [4.69, 9.17) is 9.15 Å². The standard InChI is InChI=1S/C31H32N2O2/c1-22(20-24-12-8-18-33(24)21-25-13-9-19-34-25)30-26-14-5-6-17-29(26)35-31-27(30)15-7-16-28(31)32-23-10-3-2-4-11-23/h2-7,9-10,13-17,19,23-24,32H,8,11-12,18,20-21H2,1H3/b30-22+. The highest BCUT2D eigenvalue weighted by atomic mass is 16.5. The van der Waals surface area contributed by atoms with Crippen LogP contribution in [0.5, 0.6) is 11.5 Å². The minimum absolute atomic E-state index is 0.273. The minimum atomic E-state index is 0.273. The van der Waals surface area contributed by atoms with Crippen molar-refractivity contribution in [2.75, 3.05) is 11.9 Å². The molecule has 35 heavy (non-hydrogen) atoms. The van der Waals surface area contributed by atoms with Gasteiger partial charge in [-0.15, -0.1) is 0 Å². The molecule has 2 aliphatic heterocycles. The molecule has 0 radical (unpaired) electrons. The van der Waals surface area contributed by atoms with Crippen molar-refractivity contribution in [3.05, 3.63) is 108 Å². The van der Waals surface area contributed by atoms with Crippen molar-refractivity contribution in [3.8, 4) is 11.5 Å². The van der Waals surface area contributed by atoms with Crippen molar-refractivity contribution >= 4 is 11.3 Å². The second-order valence-corrected chi connectivity index (χ2v) is 9.79. The normalized spacial score (nSPS) is 22.4. The zero-order valence-corrected chi connectivity index (χ0v) is 20.2. The van der Waals surface area contributed by atoms with Gasteiger partial charge in [0, 0.05) is 23.2 Å². The van der Waals surface area contributed by atoms with E-state index in [1.54, 1.807) is 6.26 Å². The SMILES string of the molecule is C/C(CC1CCCN1Cc1ccco1)=C1/c2ccccc2Oc2c(NC3C=CC=CC3)cccc21. The quantitative estimate of drug-likeness (QED) is 0.319. The lowest BCUT2D eigenvalue weighted by Crippen LogP contribution is -2.29. The Morgan fingerprint density at radius 3 is 2.80 bits per heavy atom. The number of anilines is 1. The number of allylic oxidation sites excluding steroid dienone is 2. The summed E-state index contributed by atoms with van der Waals surface area (Å²) in [7, 11) is 0. The number of fused-ring (bicyclic) bond motifs is 2. The Balaban J connectivity index is 1.35. The maximum atomic E-state index is 6.53. The lowest BCUT2D eigenvalue weighted by Gasteiger charge is -2.29. The van der Waals surface area contributed by atoms with Gasteiger partial charge >= 0.3 is 0 Å². The summed E-state index contributed by atoms with van der Waals surface area (Å²) >= 11 is 0. The molecule has 0 saturated carbocycles. The van der Waals surface area contributed by atoms with Crippen LogP contribution in [0.2, 0.25) is 0 Å². The number of rotatable bonds is 6. The molecule has 178 valence electrons. The second kappa shape index (κ2) is 9.63. The van der Waals surface area contributed by atoms with Crippen LogP contribution in [0.3, 0.4) is 0 Å². The molecule has 2 atom stereocenters. The van der Waals surface area contributed by atoms with Gasteiger partial charge in [-0.2, -0.15) is 0 Å². The summed E-state index contributed by atoms with van der Waals surface area (Å²) < 4.78 is 12.2. The molecule has 2 aromatic carbocycles. The Morgan fingerprint density at radius 1 is 1.03 bits per heavy atom. The lowest BCUT2D eigenvalue weighted by molar-refractivity contribution is 0.224. The first kappa shape index (κ1) is 22.0. The zero-order chi connectivity index (χ0) is 23.6. The molecular weight excluding hydrogens is 432 g/mol.